The average Bonchev–Trinajstić information content (AvgIpc) is 3.49. The lowest BCUT2D eigenvalue weighted by molar-refractivity contribution is 0.0971. The smallest absolute Gasteiger partial charge is 0.303 e. The third-order valence-electron chi connectivity index (χ3n) is 6.20. The van der Waals surface area contributed by atoms with Crippen molar-refractivity contribution in [1.82, 2.24) is 18.4 Å². The maximum Gasteiger partial charge on any atom is 0.303 e. The minimum absolute atomic E-state index is 0.0354. The number of aromatic nitrogens is 2. The lowest BCUT2D eigenvalue weighted by atomic mass is 10.0. The number of halogens is 3. The fourth-order valence-corrected chi connectivity index (χ4v) is 5.60. The summed E-state index contributed by atoms with van der Waals surface area (Å²) in [5, 5.41) is 0. The molecule has 4 rings (SSSR count). The fraction of sp³-hybridized carbons (Fsp3) is 0.440. The van der Waals surface area contributed by atoms with Crippen LogP contribution >= 0.6 is 0 Å². The maximum absolute atomic E-state index is 14.2. The zero-order valence-corrected chi connectivity index (χ0v) is 22.1. The van der Waals surface area contributed by atoms with E-state index < -0.39 is 40.8 Å². The number of hydrogen-bond acceptors (Lipinski definition) is 6. The summed E-state index contributed by atoms with van der Waals surface area (Å²) in [6.45, 7) is 1.83. The number of carbonyl (C=O) groups is 1. The number of amides is 1. The van der Waals surface area contributed by atoms with E-state index in [2.05, 4.69) is 4.98 Å². The van der Waals surface area contributed by atoms with E-state index in [0.717, 1.165) is 10.7 Å². The van der Waals surface area contributed by atoms with Crippen molar-refractivity contribution in [2.45, 2.75) is 38.4 Å². The molecule has 1 aliphatic heterocycles. The Balaban J connectivity index is 1.63. The van der Waals surface area contributed by atoms with Crippen molar-refractivity contribution in [3.8, 4) is 5.75 Å². The van der Waals surface area contributed by atoms with Crippen LogP contribution < -0.4 is 14.4 Å². The highest BCUT2D eigenvalue weighted by Crippen LogP contribution is 2.40. The highest BCUT2D eigenvalue weighted by atomic mass is 32.2. The Bertz CT molecular complexity index is 1420. The first-order chi connectivity index (χ1) is 17.9. The van der Waals surface area contributed by atoms with Crippen molar-refractivity contribution in [3.63, 3.8) is 0 Å². The number of anilines is 1. The van der Waals surface area contributed by atoms with Gasteiger partial charge < -0.3 is 9.64 Å². The summed E-state index contributed by atoms with van der Waals surface area (Å²) in [5.74, 6) is -0.968. The van der Waals surface area contributed by atoms with Crippen molar-refractivity contribution in [1.29, 1.82) is 0 Å². The molecule has 3 aromatic rings. The third kappa shape index (κ3) is 6.04. The predicted octanol–water partition coefficient (Wildman–Crippen LogP) is 3.82. The summed E-state index contributed by atoms with van der Waals surface area (Å²) in [4.78, 5) is 19.1. The summed E-state index contributed by atoms with van der Waals surface area (Å²) >= 11 is 0. The first-order valence-electron chi connectivity index (χ1n) is 12.1. The second kappa shape index (κ2) is 10.8. The summed E-state index contributed by atoms with van der Waals surface area (Å²) < 4.78 is 75.7. The number of carbonyl (C=O) groups excluding carboxylic acids is 1. The molecule has 0 radical (unpaired) electrons. The molecule has 1 aliphatic rings. The van der Waals surface area contributed by atoms with Crippen LogP contribution in [0, 0.1) is 5.82 Å². The topological polar surface area (TPSA) is 96.2 Å². The number of alkyl halides is 2. The molecule has 0 saturated carbocycles. The average molecular weight is 554 g/mol. The molecular weight excluding hydrogens is 523 g/mol. The Hall–Kier alpha value is -3.32. The molecule has 13 heteroatoms. The number of benzene rings is 1. The van der Waals surface area contributed by atoms with Crippen LogP contribution in [0.25, 0.3) is 5.65 Å². The minimum Gasteiger partial charge on any atom is -0.490 e. The zero-order valence-electron chi connectivity index (χ0n) is 21.3. The molecule has 1 amide bonds. The van der Waals surface area contributed by atoms with Gasteiger partial charge in [0.15, 0.2) is 0 Å². The first kappa shape index (κ1) is 27.7. The van der Waals surface area contributed by atoms with Crippen molar-refractivity contribution >= 4 is 27.5 Å². The van der Waals surface area contributed by atoms with Gasteiger partial charge in [0, 0.05) is 31.9 Å². The Morgan fingerprint density at radius 1 is 1.29 bits per heavy atom. The van der Waals surface area contributed by atoms with Gasteiger partial charge in [-0.2, -0.15) is 12.7 Å². The van der Waals surface area contributed by atoms with Gasteiger partial charge in [0.25, 0.3) is 5.91 Å². The lowest BCUT2D eigenvalue weighted by Gasteiger charge is -2.28. The first-order valence-corrected chi connectivity index (χ1v) is 13.5. The monoisotopic (exact) mass is 553 g/mol. The second-order valence-corrected chi connectivity index (χ2v) is 11.5. The highest BCUT2D eigenvalue weighted by molar-refractivity contribution is 7.87. The van der Waals surface area contributed by atoms with Crippen LogP contribution in [0.2, 0.25) is 0 Å². The molecular formula is C25H30F3N5O4S. The van der Waals surface area contributed by atoms with Crippen LogP contribution in [-0.4, -0.2) is 67.1 Å². The van der Waals surface area contributed by atoms with Gasteiger partial charge in [0.05, 0.1) is 17.9 Å². The Labute approximate surface area is 219 Å². The summed E-state index contributed by atoms with van der Waals surface area (Å²) in [6.07, 6.45) is 4.40. The summed E-state index contributed by atoms with van der Waals surface area (Å²) in [7, 11) is -3.13. The molecule has 1 saturated heterocycles. The molecule has 0 aliphatic carbocycles. The van der Waals surface area contributed by atoms with E-state index in [1.807, 2.05) is 9.62 Å². The number of imidazole rings is 1. The molecule has 1 fully saturated rings. The number of hydrogen-bond donors (Lipinski definition) is 1. The zero-order chi connectivity index (χ0) is 27.7. The number of nitrogens with one attached hydrogen (secondary N) is 1. The standard InChI is InChI=1S/C25H30F3N5O4S/c1-25(2,28)16-31(3)38(35,36)30-24(34)21-14-29-23-9-7-18(15-33(21)23)32-11-4-5-20(32)19-13-17(27)6-8-22(19)37-12-10-26/h6-9,13-15,20H,4-5,10-12,16H2,1-3H3,(H,30,34). The molecule has 2 aromatic heterocycles. The predicted molar refractivity (Wildman–Crippen MR) is 137 cm³/mol. The molecule has 3 heterocycles. The van der Waals surface area contributed by atoms with E-state index >= 15 is 0 Å². The summed E-state index contributed by atoms with van der Waals surface area (Å²) in [6, 6.07) is 7.35. The van der Waals surface area contributed by atoms with Crippen LogP contribution in [0.4, 0.5) is 18.9 Å². The molecule has 1 N–H and O–H groups in total. The van der Waals surface area contributed by atoms with Crippen LogP contribution in [0.1, 0.15) is 48.8 Å². The molecule has 0 bridgehead atoms. The van der Waals surface area contributed by atoms with Gasteiger partial charge in [-0.15, -0.1) is 0 Å². The van der Waals surface area contributed by atoms with Gasteiger partial charge in [-0.3, -0.25) is 9.20 Å². The van der Waals surface area contributed by atoms with Gasteiger partial charge in [-0.25, -0.2) is 22.9 Å². The number of nitrogens with zero attached hydrogens (tertiary/aromatic N) is 4. The molecule has 1 unspecified atom stereocenters. The fourth-order valence-electron chi connectivity index (χ4n) is 4.63. The number of ether oxygens (including phenoxy) is 1. The normalized spacial score (nSPS) is 16.4. The van der Waals surface area contributed by atoms with Crippen LogP contribution in [0.3, 0.4) is 0 Å². The Morgan fingerprint density at radius 3 is 2.76 bits per heavy atom. The lowest BCUT2D eigenvalue weighted by Crippen LogP contribution is -2.45. The van der Waals surface area contributed by atoms with Crippen molar-refractivity contribution in [2.24, 2.45) is 0 Å². The van der Waals surface area contributed by atoms with Crippen molar-refractivity contribution in [3.05, 3.63) is 59.8 Å². The van der Waals surface area contributed by atoms with Gasteiger partial charge in [-0.1, -0.05) is 0 Å². The number of rotatable bonds is 10. The van der Waals surface area contributed by atoms with Crippen LogP contribution in [0.15, 0.2) is 42.7 Å². The largest absolute Gasteiger partial charge is 0.490 e. The van der Waals surface area contributed by atoms with E-state index in [4.69, 9.17) is 4.74 Å². The second-order valence-electron chi connectivity index (χ2n) is 9.74. The van der Waals surface area contributed by atoms with Crippen molar-refractivity contribution < 1.29 is 31.1 Å². The van der Waals surface area contributed by atoms with Gasteiger partial charge in [0.1, 0.15) is 41.9 Å². The van der Waals surface area contributed by atoms with E-state index in [1.54, 1.807) is 18.3 Å². The number of pyridine rings is 1. The molecule has 9 nitrogen and oxygen atoms in total. The quantitative estimate of drug-likeness (QED) is 0.410. The summed E-state index contributed by atoms with van der Waals surface area (Å²) in [5.41, 5.74) is -0.151. The molecule has 1 aromatic carbocycles. The molecule has 38 heavy (non-hydrogen) atoms. The highest BCUT2D eigenvalue weighted by Gasteiger charge is 2.31. The third-order valence-corrected chi connectivity index (χ3v) is 7.60. The van der Waals surface area contributed by atoms with Crippen molar-refractivity contribution in [2.75, 3.05) is 38.3 Å². The minimum atomic E-state index is -4.31. The Kier molecular flexibility index (Phi) is 7.88. The SMILES string of the molecule is CN(CC(C)(C)F)S(=O)(=O)NC(=O)c1cnc2ccc(N3CCCC3c3cc(F)ccc3OCCF)cn12. The van der Waals surface area contributed by atoms with Gasteiger partial charge in [-0.05, 0) is 57.0 Å². The van der Waals surface area contributed by atoms with Gasteiger partial charge in [0.2, 0.25) is 0 Å². The molecule has 206 valence electrons. The van der Waals surface area contributed by atoms with E-state index in [9.17, 15) is 26.4 Å². The Morgan fingerprint density at radius 2 is 2.05 bits per heavy atom. The molecule has 1 atom stereocenters. The maximum atomic E-state index is 14.2. The van der Waals surface area contributed by atoms with E-state index in [1.165, 1.54) is 49.7 Å². The molecule has 0 spiro atoms. The van der Waals surface area contributed by atoms with Crippen LogP contribution in [0.5, 0.6) is 5.75 Å². The van der Waals surface area contributed by atoms with E-state index in [0.29, 0.717) is 35.6 Å². The van der Waals surface area contributed by atoms with E-state index in [-0.39, 0.29) is 18.3 Å². The van der Waals surface area contributed by atoms with Crippen LogP contribution in [-0.2, 0) is 10.2 Å². The number of fused-ring (bicyclic) bond motifs is 1. The van der Waals surface area contributed by atoms with Gasteiger partial charge >= 0.3 is 10.2 Å².